The fraction of sp³-hybridized carbons (Fsp3) is 0.273. The van der Waals surface area contributed by atoms with Crippen LogP contribution in [0.4, 0.5) is 5.82 Å². The van der Waals surface area contributed by atoms with Gasteiger partial charge in [0.05, 0.1) is 12.9 Å². The van der Waals surface area contributed by atoms with Crippen molar-refractivity contribution in [3.05, 3.63) is 29.8 Å². The number of aromatic amines is 1. The molecule has 0 unspecified atom stereocenters. The Morgan fingerprint density at radius 2 is 2.16 bits per heavy atom. The van der Waals surface area contributed by atoms with Crippen LogP contribution in [0.2, 0.25) is 5.28 Å². The summed E-state index contributed by atoms with van der Waals surface area (Å²) in [6, 6.07) is 0. The normalized spacial score (nSPS) is 14.9. The average molecular weight is 276 g/mol. The van der Waals surface area contributed by atoms with Crippen molar-refractivity contribution in [2.45, 2.75) is 13.1 Å². The van der Waals surface area contributed by atoms with E-state index in [9.17, 15) is 0 Å². The van der Waals surface area contributed by atoms with Crippen LogP contribution in [0.25, 0.3) is 11.2 Å². The summed E-state index contributed by atoms with van der Waals surface area (Å²) in [4.78, 5) is 22.1. The van der Waals surface area contributed by atoms with E-state index < -0.39 is 0 Å². The second-order valence-electron chi connectivity index (χ2n) is 4.38. The third kappa shape index (κ3) is 1.66. The van der Waals surface area contributed by atoms with E-state index in [1.165, 1.54) is 0 Å². The molecule has 0 aromatic carbocycles. The van der Waals surface area contributed by atoms with Crippen LogP contribution in [0.5, 0.6) is 0 Å². The van der Waals surface area contributed by atoms with Crippen molar-refractivity contribution in [3.8, 4) is 0 Å². The van der Waals surface area contributed by atoms with Crippen molar-refractivity contribution < 1.29 is 0 Å². The maximum Gasteiger partial charge on any atom is 0.226 e. The first-order chi connectivity index (χ1) is 9.31. The minimum absolute atomic E-state index is 0.212. The number of imidazole rings is 2. The fourth-order valence-electron chi connectivity index (χ4n) is 2.38. The first kappa shape index (κ1) is 10.7. The molecule has 8 heteroatoms. The van der Waals surface area contributed by atoms with Gasteiger partial charge in [0.15, 0.2) is 11.5 Å². The summed E-state index contributed by atoms with van der Waals surface area (Å²) in [6.07, 6.45) is 5.41. The van der Waals surface area contributed by atoms with Gasteiger partial charge in [0.1, 0.15) is 11.3 Å². The minimum atomic E-state index is 0.212. The summed E-state index contributed by atoms with van der Waals surface area (Å²) in [6.45, 7) is 2.44. The second-order valence-corrected chi connectivity index (χ2v) is 4.71. The molecule has 0 saturated carbocycles. The van der Waals surface area contributed by atoms with Gasteiger partial charge in [-0.1, -0.05) is 0 Å². The highest BCUT2D eigenvalue weighted by atomic mass is 35.5. The Labute approximate surface area is 113 Å². The van der Waals surface area contributed by atoms with Crippen molar-refractivity contribution in [1.29, 1.82) is 0 Å². The molecule has 0 saturated heterocycles. The van der Waals surface area contributed by atoms with Gasteiger partial charge in [-0.15, -0.1) is 0 Å². The Bertz CT molecular complexity index is 746. The lowest BCUT2D eigenvalue weighted by Gasteiger charge is -2.28. The van der Waals surface area contributed by atoms with Crippen molar-refractivity contribution in [2.75, 3.05) is 11.4 Å². The number of anilines is 1. The van der Waals surface area contributed by atoms with Crippen molar-refractivity contribution >= 4 is 28.6 Å². The zero-order chi connectivity index (χ0) is 12.8. The largest absolute Gasteiger partial charge is 0.345 e. The lowest BCUT2D eigenvalue weighted by Crippen LogP contribution is -2.34. The van der Waals surface area contributed by atoms with E-state index >= 15 is 0 Å². The number of halogens is 1. The molecule has 0 amide bonds. The standard InChI is InChI=1S/C11H10ClN7/c12-11-16-9-8(14-6-15-9)10(17-11)19-4-3-18-2-1-13-7(18)5-19/h1-2,6H,3-5H2,(H,14,15,16,17). The van der Waals surface area contributed by atoms with E-state index in [0.717, 1.165) is 30.2 Å². The average Bonchev–Trinajstić information content (AvgIpc) is 3.04. The van der Waals surface area contributed by atoms with Gasteiger partial charge in [0.25, 0.3) is 0 Å². The number of hydrogen-bond acceptors (Lipinski definition) is 5. The molecule has 4 rings (SSSR count). The maximum atomic E-state index is 5.96. The minimum Gasteiger partial charge on any atom is -0.345 e. The van der Waals surface area contributed by atoms with Gasteiger partial charge < -0.3 is 14.5 Å². The number of nitrogens with one attached hydrogen (secondary N) is 1. The van der Waals surface area contributed by atoms with Crippen molar-refractivity contribution in [1.82, 2.24) is 29.5 Å². The van der Waals surface area contributed by atoms with Gasteiger partial charge in [0.2, 0.25) is 5.28 Å². The quantitative estimate of drug-likeness (QED) is 0.676. The predicted molar refractivity (Wildman–Crippen MR) is 70.0 cm³/mol. The summed E-state index contributed by atoms with van der Waals surface area (Å²) in [7, 11) is 0. The van der Waals surface area contributed by atoms with Gasteiger partial charge in [-0.25, -0.2) is 9.97 Å². The topological polar surface area (TPSA) is 75.5 Å². The SMILES string of the molecule is Clc1nc(N2CCn3ccnc3C2)c2[nH]cnc2n1. The van der Waals surface area contributed by atoms with E-state index in [0.29, 0.717) is 12.2 Å². The number of fused-ring (bicyclic) bond motifs is 2. The maximum absolute atomic E-state index is 5.96. The van der Waals surface area contributed by atoms with Crippen LogP contribution in [0.15, 0.2) is 18.7 Å². The molecule has 1 aliphatic rings. The number of aromatic nitrogens is 6. The molecule has 1 N–H and O–H groups in total. The van der Waals surface area contributed by atoms with Crippen molar-refractivity contribution in [3.63, 3.8) is 0 Å². The summed E-state index contributed by atoms with van der Waals surface area (Å²) in [5.41, 5.74) is 1.40. The molecule has 7 nitrogen and oxygen atoms in total. The van der Waals surface area contributed by atoms with Crippen LogP contribution < -0.4 is 4.90 Å². The Morgan fingerprint density at radius 3 is 3.11 bits per heavy atom. The fourth-order valence-corrected chi connectivity index (χ4v) is 2.54. The number of nitrogens with zero attached hydrogens (tertiary/aromatic N) is 6. The molecular weight excluding hydrogens is 266 g/mol. The van der Waals surface area contributed by atoms with E-state index in [-0.39, 0.29) is 5.28 Å². The molecule has 4 heterocycles. The van der Waals surface area contributed by atoms with Crippen LogP contribution in [0, 0.1) is 0 Å². The molecule has 0 radical (unpaired) electrons. The molecule has 1 aliphatic heterocycles. The van der Waals surface area contributed by atoms with Gasteiger partial charge in [0, 0.05) is 25.5 Å². The highest BCUT2D eigenvalue weighted by Crippen LogP contribution is 2.25. The third-order valence-electron chi connectivity index (χ3n) is 3.28. The van der Waals surface area contributed by atoms with Crippen LogP contribution in [-0.2, 0) is 13.1 Å². The molecule has 3 aromatic rings. The van der Waals surface area contributed by atoms with E-state index in [4.69, 9.17) is 11.6 Å². The molecule has 96 valence electrons. The Kier molecular flexibility index (Phi) is 2.22. The monoisotopic (exact) mass is 275 g/mol. The summed E-state index contributed by atoms with van der Waals surface area (Å²) in [5.74, 6) is 1.80. The summed E-state index contributed by atoms with van der Waals surface area (Å²) >= 11 is 5.96. The molecular formula is C11H10ClN7. The highest BCUT2D eigenvalue weighted by molar-refractivity contribution is 6.28. The third-order valence-corrected chi connectivity index (χ3v) is 3.45. The van der Waals surface area contributed by atoms with E-state index in [1.807, 2.05) is 12.4 Å². The summed E-state index contributed by atoms with van der Waals surface area (Å²) < 4.78 is 2.14. The van der Waals surface area contributed by atoms with Gasteiger partial charge in [-0.3, -0.25) is 0 Å². The van der Waals surface area contributed by atoms with Crippen LogP contribution in [0.3, 0.4) is 0 Å². The number of rotatable bonds is 1. The smallest absolute Gasteiger partial charge is 0.226 e. The molecule has 19 heavy (non-hydrogen) atoms. The lowest BCUT2D eigenvalue weighted by molar-refractivity contribution is 0.557. The Morgan fingerprint density at radius 1 is 1.21 bits per heavy atom. The molecule has 0 fully saturated rings. The molecule has 0 spiro atoms. The van der Waals surface area contributed by atoms with Crippen LogP contribution in [0.1, 0.15) is 5.82 Å². The highest BCUT2D eigenvalue weighted by Gasteiger charge is 2.21. The van der Waals surface area contributed by atoms with E-state index in [2.05, 4.69) is 34.4 Å². The predicted octanol–water partition coefficient (Wildman–Crippen LogP) is 1.22. The zero-order valence-electron chi connectivity index (χ0n) is 9.91. The van der Waals surface area contributed by atoms with Crippen molar-refractivity contribution in [2.24, 2.45) is 0 Å². The van der Waals surface area contributed by atoms with Crippen LogP contribution in [-0.4, -0.2) is 36.0 Å². The van der Waals surface area contributed by atoms with Crippen LogP contribution >= 0.6 is 11.6 Å². The first-order valence-electron chi connectivity index (χ1n) is 5.93. The number of hydrogen-bond donors (Lipinski definition) is 1. The zero-order valence-corrected chi connectivity index (χ0v) is 10.7. The summed E-state index contributed by atoms with van der Waals surface area (Å²) in [5, 5.41) is 0.212. The van der Waals surface area contributed by atoms with Gasteiger partial charge >= 0.3 is 0 Å². The molecule has 0 bridgehead atoms. The molecule has 3 aromatic heterocycles. The Balaban J connectivity index is 1.81. The van der Waals surface area contributed by atoms with Gasteiger partial charge in [-0.05, 0) is 11.6 Å². The lowest BCUT2D eigenvalue weighted by atomic mass is 10.3. The first-order valence-corrected chi connectivity index (χ1v) is 6.30. The van der Waals surface area contributed by atoms with Gasteiger partial charge in [-0.2, -0.15) is 9.97 Å². The number of H-pyrrole nitrogens is 1. The van der Waals surface area contributed by atoms with E-state index in [1.54, 1.807) is 6.33 Å². The molecule has 0 aliphatic carbocycles. The second kappa shape index (κ2) is 3.92. The Hall–Kier alpha value is -2.15. The molecule has 0 atom stereocenters.